The summed E-state index contributed by atoms with van der Waals surface area (Å²) in [5.41, 5.74) is 7.38. The summed E-state index contributed by atoms with van der Waals surface area (Å²) in [7, 11) is 2.99. The highest BCUT2D eigenvalue weighted by molar-refractivity contribution is 6.15. The highest BCUT2D eigenvalue weighted by Gasteiger charge is 2.39. The number of rotatable bonds is 16. The number of ether oxygens (including phenoxy) is 4. The van der Waals surface area contributed by atoms with Crippen LogP contribution in [0.25, 0.3) is 0 Å². The summed E-state index contributed by atoms with van der Waals surface area (Å²) in [5.74, 6) is -0.991. The SMILES string of the molecule is CCC(=O)NCC(=O)NCC(=O)NCC(=O)Nc1cc(COc2cc3c(cc2OC)C(=O)N2c4ccccc4C[C@H]2C=N3)cc(COc2cc3c(cc2OC)C(=O)N2c4ccccc4C[C@H]2CN3)c1. The second-order valence-corrected chi connectivity index (χ2v) is 16.8. The number of aliphatic imine (C=N–C) groups is 1. The lowest BCUT2D eigenvalue weighted by molar-refractivity contribution is -0.128. The van der Waals surface area contributed by atoms with Crippen LogP contribution in [0.5, 0.6) is 23.0 Å². The molecule has 9 rings (SSSR count). The zero-order valence-electron chi connectivity index (χ0n) is 38.2. The second-order valence-electron chi connectivity index (χ2n) is 16.8. The Morgan fingerprint density at radius 3 is 1.87 bits per heavy atom. The lowest BCUT2D eigenvalue weighted by Gasteiger charge is -2.22. The molecule has 0 aliphatic carbocycles. The van der Waals surface area contributed by atoms with Crippen molar-refractivity contribution in [3.8, 4) is 23.0 Å². The first-order chi connectivity index (χ1) is 33.5. The zero-order chi connectivity index (χ0) is 48.2. The molecule has 0 aromatic heterocycles. The smallest absolute Gasteiger partial charge is 0.261 e. The standard InChI is InChI=1S/C51H50N8O10/c1-4-46(60)54-24-47(61)55-25-48(62)56-26-49(63)57-33-14-29(27-68-44-20-38-36(18-42(44)66-2)50(64)58-34(22-52-38)16-31-9-5-7-11-40(31)58)13-30(15-33)28-69-45-21-39-37(19-43(45)67-3)51(65)59-35(23-53-39)17-32-10-6-8-12-41(32)59/h5-15,18-22,34-35,53H,4,16-17,23-28H2,1-3H3,(H,54,60)(H,55,61)(H,56,62)(H,57,63)/t34-,35-/m0/s1. The summed E-state index contributed by atoms with van der Waals surface area (Å²) in [6, 6.07) is 27.4. The van der Waals surface area contributed by atoms with Gasteiger partial charge in [-0.05, 0) is 71.1 Å². The number of anilines is 4. The molecular weight excluding hydrogens is 885 g/mol. The van der Waals surface area contributed by atoms with Crippen LogP contribution >= 0.6 is 0 Å². The monoisotopic (exact) mass is 934 g/mol. The van der Waals surface area contributed by atoms with Crippen molar-refractivity contribution in [1.29, 1.82) is 0 Å². The summed E-state index contributed by atoms with van der Waals surface area (Å²) in [6.07, 6.45) is 3.37. The number of hydrogen-bond acceptors (Lipinski definition) is 12. The van der Waals surface area contributed by atoms with E-state index in [2.05, 4.69) is 26.6 Å². The van der Waals surface area contributed by atoms with Gasteiger partial charge in [-0.3, -0.25) is 38.7 Å². The molecule has 18 heteroatoms. The van der Waals surface area contributed by atoms with Crippen LogP contribution in [0, 0.1) is 0 Å². The molecule has 0 saturated carbocycles. The number of carbonyl (C=O) groups excluding carboxylic acids is 6. The van der Waals surface area contributed by atoms with E-state index in [4.69, 9.17) is 23.9 Å². The molecule has 18 nitrogen and oxygen atoms in total. The van der Waals surface area contributed by atoms with Crippen molar-refractivity contribution in [1.82, 2.24) is 16.0 Å². The minimum atomic E-state index is -0.612. The Labute approximate surface area is 397 Å². The Kier molecular flexibility index (Phi) is 13.1. The van der Waals surface area contributed by atoms with Gasteiger partial charge in [-0.2, -0.15) is 0 Å². The largest absolute Gasteiger partial charge is 0.493 e. The van der Waals surface area contributed by atoms with Crippen LogP contribution in [0.2, 0.25) is 0 Å². The fraction of sp³-hybridized carbons (Fsp3) is 0.275. The van der Waals surface area contributed by atoms with Crippen molar-refractivity contribution in [2.24, 2.45) is 4.99 Å². The zero-order valence-corrected chi connectivity index (χ0v) is 38.2. The van der Waals surface area contributed by atoms with Gasteiger partial charge in [0.1, 0.15) is 13.2 Å². The van der Waals surface area contributed by atoms with Gasteiger partial charge in [0.2, 0.25) is 23.6 Å². The molecule has 5 aromatic carbocycles. The molecule has 4 aliphatic heterocycles. The quantitative estimate of drug-likeness (QED) is 0.0902. The van der Waals surface area contributed by atoms with Crippen molar-refractivity contribution in [2.75, 3.05) is 60.8 Å². The summed E-state index contributed by atoms with van der Waals surface area (Å²) in [6.45, 7) is 1.07. The lowest BCUT2D eigenvalue weighted by atomic mass is 10.1. The molecule has 2 atom stereocenters. The van der Waals surface area contributed by atoms with E-state index in [1.165, 1.54) is 14.2 Å². The fourth-order valence-electron chi connectivity index (χ4n) is 8.92. The van der Waals surface area contributed by atoms with Crippen molar-refractivity contribution in [2.45, 2.75) is 51.5 Å². The van der Waals surface area contributed by atoms with Gasteiger partial charge in [-0.25, -0.2) is 0 Å². The molecule has 5 aromatic rings. The Balaban J connectivity index is 0.931. The number of methoxy groups -OCH3 is 2. The molecule has 0 radical (unpaired) electrons. The maximum absolute atomic E-state index is 14.0. The topological polar surface area (TPSA) is 218 Å². The van der Waals surface area contributed by atoms with E-state index in [0.29, 0.717) is 75.3 Å². The summed E-state index contributed by atoms with van der Waals surface area (Å²) in [4.78, 5) is 85.6. The number of amides is 6. The summed E-state index contributed by atoms with van der Waals surface area (Å²) in [5, 5.41) is 13.6. The first-order valence-corrected chi connectivity index (χ1v) is 22.5. The number of nitrogens with one attached hydrogen (secondary N) is 5. The van der Waals surface area contributed by atoms with Crippen molar-refractivity contribution in [3.05, 3.63) is 124 Å². The average Bonchev–Trinajstić information content (AvgIpc) is 3.86. The highest BCUT2D eigenvalue weighted by atomic mass is 16.5. The summed E-state index contributed by atoms with van der Waals surface area (Å²) < 4.78 is 24.2. The molecule has 6 amide bonds. The molecule has 0 saturated heterocycles. The van der Waals surface area contributed by atoms with Crippen LogP contribution in [0.15, 0.2) is 96.0 Å². The van der Waals surface area contributed by atoms with Crippen molar-refractivity contribution >= 4 is 70.1 Å². The van der Waals surface area contributed by atoms with E-state index in [-0.39, 0.29) is 56.0 Å². The van der Waals surface area contributed by atoms with Gasteiger partial charge in [0, 0.05) is 54.8 Å². The van der Waals surface area contributed by atoms with Gasteiger partial charge >= 0.3 is 0 Å². The fourth-order valence-corrected chi connectivity index (χ4v) is 8.92. The van der Waals surface area contributed by atoms with Gasteiger partial charge < -0.3 is 50.4 Å². The number of nitrogens with zero attached hydrogens (tertiary/aromatic N) is 3. The third-order valence-electron chi connectivity index (χ3n) is 12.3. The second kappa shape index (κ2) is 19.8. The predicted molar refractivity (Wildman–Crippen MR) is 257 cm³/mol. The van der Waals surface area contributed by atoms with E-state index in [1.54, 1.807) is 54.4 Å². The Morgan fingerprint density at radius 1 is 0.652 bits per heavy atom. The van der Waals surface area contributed by atoms with Gasteiger partial charge in [-0.15, -0.1) is 0 Å². The molecule has 4 heterocycles. The lowest BCUT2D eigenvalue weighted by Crippen LogP contribution is -2.43. The third kappa shape index (κ3) is 9.72. The number of fused-ring (bicyclic) bond motifs is 8. The van der Waals surface area contributed by atoms with Crippen LogP contribution in [0.3, 0.4) is 0 Å². The minimum Gasteiger partial charge on any atom is -0.493 e. The number of para-hydroxylation sites is 2. The molecule has 0 unspecified atom stereocenters. The maximum Gasteiger partial charge on any atom is 0.261 e. The van der Waals surface area contributed by atoms with E-state index >= 15 is 0 Å². The molecule has 0 bridgehead atoms. The number of hydrogen-bond donors (Lipinski definition) is 5. The van der Waals surface area contributed by atoms with E-state index in [1.807, 2.05) is 59.5 Å². The maximum atomic E-state index is 14.0. The molecule has 0 fully saturated rings. The minimum absolute atomic E-state index is 0.00311. The molecule has 4 aliphatic rings. The van der Waals surface area contributed by atoms with Gasteiger partial charge in [0.25, 0.3) is 11.8 Å². The van der Waals surface area contributed by atoms with E-state index < -0.39 is 30.8 Å². The molecule has 69 heavy (non-hydrogen) atoms. The number of carbonyl (C=O) groups is 6. The van der Waals surface area contributed by atoms with E-state index in [9.17, 15) is 28.8 Å². The Morgan fingerprint density at radius 2 is 1.22 bits per heavy atom. The Hall–Kier alpha value is -8.41. The first kappa shape index (κ1) is 45.7. The molecular formula is C51H50N8O10. The van der Waals surface area contributed by atoms with Crippen LogP contribution in [0.1, 0.15) is 56.3 Å². The molecule has 354 valence electrons. The van der Waals surface area contributed by atoms with Gasteiger partial charge in [-0.1, -0.05) is 43.3 Å². The van der Waals surface area contributed by atoms with Crippen LogP contribution in [-0.4, -0.2) is 94.1 Å². The normalized spacial score (nSPS) is 15.9. The van der Waals surface area contributed by atoms with Gasteiger partial charge in [0.15, 0.2) is 23.0 Å². The van der Waals surface area contributed by atoms with Crippen LogP contribution < -0.4 is 55.3 Å². The molecule has 5 N–H and O–H groups in total. The van der Waals surface area contributed by atoms with Crippen LogP contribution in [0.4, 0.5) is 28.4 Å². The summed E-state index contributed by atoms with van der Waals surface area (Å²) >= 11 is 0. The predicted octanol–water partition coefficient (Wildman–Crippen LogP) is 4.84. The average molecular weight is 935 g/mol. The van der Waals surface area contributed by atoms with Crippen LogP contribution in [-0.2, 0) is 45.2 Å². The third-order valence-corrected chi connectivity index (χ3v) is 12.3. The number of benzene rings is 5. The van der Waals surface area contributed by atoms with Gasteiger partial charge in [0.05, 0.1) is 68.4 Å². The first-order valence-electron chi connectivity index (χ1n) is 22.5. The molecule has 0 spiro atoms. The highest BCUT2D eigenvalue weighted by Crippen LogP contribution is 2.43. The Bertz CT molecular complexity index is 2920. The van der Waals surface area contributed by atoms with Crippen molar-refractivity contribution < 1.29 is 47.7 Å². The van der Waals surface area contributed by atoms with E-state index in [0.717, 1.165) is 28.9 Å². The van der Waals surface area contributed by atoms with Crippen molar-refractivity contribution in [3.63, 3.8) is 0 Å².